The van der Waals surface area contributed by atoms with Gasteiger partial charge in [0.1, 0.15) is 0 Å². The van der Waals surface area contributed by atoms with Gasteiger partial charge in [-0.2, -0.15) is 23.4 Å². The van der Waals surface area contributed by atoms with Gasteiger partial charge < -0.3 is 4.90 Å². The number of halogens is 3. The molecule has 0 atom stereocenters. The van der Waals surface area contributed by atoms with Crippen molar-refractivity contribution in [2.75, 3.05) is 7.05 Å². The van der Waals surface area contributed by atoms with E-state index in [2.05, 4.69) is 10.2 Å². The van der Waals surface area contributed by atoms with Gasteiger partial charge in [-0.1, -0.05) is 0 Å². The molecule has 1 amide bonds. The Balaban J connectivity index is 1.63. The minimum Gasteiger partial charge on any atom is -0.340 e. The topological polar surface area (TPSA) is 56.0 Å². The summed E-state index contributed by atoms with van der Waals surface area (Å²) >= 11 is 0. The summed E-state index contributed by atoms with van der Waals surface area (Å²) in [6.07, 6.45) is -0.963. The Bertz CT molecular complexity index is 760. The third-order valence-electron chi connectivity index (χ3n) is 4.38. The highest BCUT2D eigenvalue weighted by Gasteiger charge is 2.37. The monoisotopic (exact) mass is 355 g/mol. The molecule has 1 fully saturated rings. The van der Waals surface area contributed by atoms with Crippen molar-refractivity contribution in [3.63, 3.8) is 0 Å². The zero-order valence-corrected chi connectivity index (χ0v) is 14.1. The van der Waals surface area contributed by atoms with Crippen LogP contribution in [0.5, 0.6) is 0 Å². The second-order valence-corrected chi connectivity index (χ2v) is 6.40. The van der Waals surface area contributed by atoms with Gasteiger partial charge in [0.25, 0.3) is 0 Å². The number of hydrogen-bond acceptors (Lipinski definition) is 3. The maximum Gasteiger partial charge on any atom is 0.435 e. The first kappa shape index (κ1) is 17.5. The molecule has 0 N–H and O–H groups in total. The predicted molar refractivity (Wildman–Crippen MR) is 83.5 cm³/mol. The summed E-state index contributed by atoms with van der Waals surface area (Å²) in [4.78, 5) is 13.8. The van der Waals surface area contributed by atoms with Crippen LogP contribution < -0.4 is 0 Å². The number of carbonyl (C=O) groups is 1. The molecule has 2 aromatic heterocycles. The molecule has 136 valence electrons. The van der Waals surface area contributed by atoms with Crippen molar-refractivity contribution in [1.29, 1.82) is 0 Å². The van der Waals surface area contributed by atoms with Crippen molar-refractivity contribution in [2.24, 2.45) is 7.05 Å². The molecule has 0 radical (unpaired) electrons. The molecule has 9 heteroatoms. The summed E-state index contributed by atoms with van der Waals surface area (Å²) in [7, 11) is 3.46. The fourth-order valence-electron chi connectivity index (χ4n) is 2.74. The van der Waals surface area contributed by atoms with E-state index in [0.29, 0.717) is 12.2 Å². The molecule has 0 aliphatic heterocycles. The van der Waals surface area contributed by atoms with Gasteiger partial charge in [0.2, 0.25) is 5.91 Å². The Labute approximate surface area is 143 Å². The lowest BCUT2D eigenvalue weighted by Gasteiger charge is -2.17. The zero-order valence-electron chi connectivity index (χ0n) is 14.1. The van der Waals surface area contributed by atoms with E-state index in [1.165, 1.54) is 4.68 Å². The van der Waals surface area contributed by atoms with Crippen LogP contribution in [0.2, 0.25) is 0 Å². The normalized spacial score (nSPS) is 14.8. The van der Waals surface area contributed by atoms with Crippen molar-refractivity contribution in [2.45, 2.75) is 44.4 Å². The van der Waals surface area contributed by atoms with Crippen LogP contribution in [0.3, 0.4) is 0 Å². The number of aromatic nitrogens is 4. The molecule has 0 unspecified atom stereocenters. The van der Waals surface area contributed by atoms with E-state index < -0.39 is 11.9 Å². The van der Waals surface area contributed by atoms with Gasteiger partial charge in [0, 0.05) is 44.9 Å². The number of aryl methyl sites for hydroxylation is 2. The first-order valence-corrected chi connectivity index (χ1v) is 8.11. The van der Waals surface area contributed by atoms with Crippen molar-refractivity contribution in [3.8, 4) is 0 Å². The molecule has 2 aromatic rings. The highest BCUT2D eigenvalue weighted by atomic mass is 19.4. The van der Waals surface area contributed by atoms with Crippen molar-refractivity contribution >= 4 is 5.91 Å². The van der Waals surface area contributed by atoms with Crippen LogP contribution >= 0.6 is 0 Å². The average Bonchev–Trinajstić information content (AvgIpc) is 3.16. The first-order valence-electron chi connectivity index (χ1n) is 8.11. The van der Waals surface area contributed by atoms with Crippen LogP contribution in [0.25, 0.3) is 0 Å². The number of nitrogens with zero attached hydrogens (tertiary/aromatic N) is 5. The summed E-state index contributed by atoms with van der Waals surface area (Å²) in [5.74, 6) is -0.0159. The molecule has 2 heterocycles. The molecule has 0 bridgehead atoms. The number of alkyl halides is 3. The number of hydrogen-bond donors (Lipinski definition) is 0. The van der Waals surface area contributed by atoms with Crippen LogP contribution in [0.1, 0.15) is 42.3 Å². The summed E-state index contributed by atoms with van der Waals surface area (Å²) in [6.45, 7) is 0.550. The predicted octanol–water partition coefficient (Wildman–Crippen LogP) is 2.56. The molecule has 1 aliphatic carbocycles. The lowest BCUT2D eigenvalue weighted by Crippen LogP contribution is -2.28. The minimum atomic E-state index is -4.46. The second-order valence-electron chi connectivity index (χ2n) is 6.40. The smallest absolute Gasteiger partial charge is 0.340 e. The summed E-state index contributed by atoms with van der Waals surface area (Å²) in [5, 5.41) is 7.71. The van der Waals surface area contributed by atoms with Gasteiger partial charge in [-0.25, -0.2) is 0 Å². The summed E-state index contributed by atoms with van der Waals surface area (Å²) in [5.41, 5.74) is 0.576. The maximum atomic E-state index is 12.9. The van der Waals surface area contributed by atoms with E-state index in [0.717, 1.165) is 24.6 Å². The molecule has 1 aliphatic rings. The maximum absolute atomic E-state index is 12.9. The Morgan fingerprint density at radius 3 is 2.68 bits per heavy atom. The van der Waals surface area contributed by atoms with Crippen molar-refractivity contribution in [1.82, 2.24) is 24.5 Å². The third-order valence-corrected chi connectivity index (χ3v) is 4.38. The van der Waals surface area contributed by atoms with E-state index in [9.17, 15) is 18.0 Å². The van der Waals surface area contributed by atoms with Crippen LogP contribution in [0, 0.1) is 0 Å². The van der Waals surface area contributed by atoms with Gasteiger partial charge in [-0.15, -0.1) is 0 Å². The molecule has 25 heavy (non-hydrogen) atoms. The van der Waals surface area contributed by atoms with Crippen molar-refractivity contribution < 1.29 is 18.0 Å². The van der Waals surface area contributed by atoms with E-state index >= 15 is 0 Å². The quantitative estimate of drug-likeness (QED) is 0.800. The number of carbonyl (C=O) groups excluding carboxylic acids is 1. The standard InChI is InChI=1S/C16H20F3N5O/c1-22(10-12-5-7-20-23(12)2)15(25)6-8-24-13(11-3-4-11)9-14(21-24)16(17,18)19/h5,7,9,11H,3-4,6,8,10H2,1-2H3. The number of amides is 1. The fourth-order valence-corrected chi connectivity index (χ4v) is 2.74. The molecule has 0 saturated heterocycles. The highest BCUT2D eigenvalue weighted by molar-refractivity contribution is 5.75. The first-order chi connectivity index (χ1) is 11.8. The fraction of sp³-hybridized carbons (Fsp3) is 0.562. The Morgan fingerprint density at radius 2 is 2.12 bits per heavy atom. The van der Waals surface area contributed by atoms with Gasteiger partial charge >= 0.3 is 6.18 Å². The second kappa shape index (κ2) is 6.53. The molecule has 0 aromatic carbocycles. The Morgan fingerprint density at radius 1 is 1.40 bits per heavy atom. The summed E-state index contributed by atoms with van der Waals surface area (Å²) in [6, 6.07) is 2.93. The molecule has 1 saturated carbocycles. The number of rotatable bonds is 6. The average molecular weight is 355 g/mol. The van der Waals surface area contributed by atoms with Crippen LogP contribution in [-0.4, -0.2) is 37.4 Å². The lowest BCUT2D eigenvalue weighted by atomic mass is 10.2. The molecule has 6 nitrogen and oxygen atoms in total. The Kier molecular flexibility index (Phi) is 4.57. The van der Waals surface area contributed by atoms with Gasteiger partial charge in [-0.3, -0.25) is 14.2 Å². The van der Waals surface area contributed by atoms with Gasteiger partial charge in [-0.05, 0) is 25.0 Å². The van der Waals surface area contributed by atoms with Crippen LogP contribution in [-0.2, 0) is 31.1 Å². The zero-order chi connectivity index (χ0) is 18.2. The Hall–Kier alpha value is -2.32. The van der Waals surface area contributed by atoms with Crippen LogP contribution in [0.4, 0.5) is 13.2 Å². The highest BCUT2D eigenvalue weighted by Crippen LogP contribution is 2.42. The van der Waals surface area contributed by atoms with E-state index in [4.69, 9.17) is 0 Å². The third kappa shape index (κ3) is 4.02. The van der Waals surface area contributed by atoms with Crippen molar-refractivity contribution in [3.05, 3.63) is 35.4 Å². The van der Waals surface area contributed by atoms with Gasteiger partial charge in [0.15, 0.2) is 5.69 Å². The SMILES string of the molecule is CN(Cc1ccnn1C)C(=O)CCn1nc(C(F)(F)F)cc1C1CC1. The van der Waals surface area contributed by atoms with Crippen LogP contribution in [0.15, 0.2) is 18.3 Å². The molecule has 3 rings (SSSR count). The summed E-state index contributed by atoms with van der Waals surface area (Å²) < 4.78 is 41.7. The van der Waals surface area contributed by atoms with E-state index in [1.807, 2.05) is 6.07 Å². The van der Waals surface area contributed by atoms with Gasteiger partial charge in [0.05, 0.1) is 12.2 Å². The largest absolute Gasteiger partial charge is 0.435 e. The van der Waals surface area contributed by atoms with E-state index in [-0.39, 0.29) is 24.8 Å². The molecular weight excluding hydrogens is 335 g/mol. The lowest BCUT2D eigenvalue weighted by molar-refractivity contribution is -0.141. The van der Waals surface area contributed by atoms with E-state index in [1.54, 1.807) is 29.9 Å². The molecule has 0 spiro atoms. The molecular formula is C16H20F3N5O. The minimum absolute atomic E-state index is 0.104.